The predicted molar refractivity (Wildman–Crippen MR) is 79.4 cm³/mol. The second-order valence-corrected chi connectivity index (χ2v) is 6.28. The molecule has 0 amide bonds. The lowest BCUT2D eigenvalue weighted by molar-refractivity contribution is -0.00716. The van der Waals surface area contributed by atoms with E-state index in [4.69, 9.17) is 4.74 Å². The Hall–Kier alpha value is -1.20. The minimum atomic E-state index is -0.196. The fourth-order valence-corrected chi connectivity index (χ4v) is 2.09. The Morgan fingerprint density at radius 2 is 2.11 bits per heavy atom. The molecule has 0 aliphatic heterocycles. The molecular formula is C14H17BrN2O2. The van der Waals surface area contributed by atoms with Crippen LogP contribution in [0.15, 0.2) is 33.8 Å². The molecule has 2 rings (SSSR count). The number of nitrogens with zero attached hydrogens (tertiary/aromatic N) is 2. The van der Waals surface area contributed by atoms with Gasteiger partial charge in [0.05, 0.1) is 36.0 Å². The number of hydrogen-bond acceptors (Lipinski definition) is 3. The van der Waals surface area contributed by atoms with Crippen LogP contribution in [-0.2, 0) is 11.3 Å². The van der Waals surface area contributed by atoms with Crippen LogP contribution in [0, 0.1) is 0 Å². The van der Waals surface area contributed by atoms with Crippen LogP contribution in [-0.4, -0.2) is 21.8 Å². The molecule has 102 valence electrons. The summed E-state index contributed by atoms with van der Waals surface area (Å²) in [6.07, 6.45) is 1.57. The van der Waals surface area contributed by atoms with Gasteiger partial charge in [-0.2, -0.15) is 0 Å². The van der Waals surface area contributed by atoms with Crippen molar-refractivity contribution in [2.45, 2.75) is 32.9 Å². The highest BCUT2D eigenvalue weighted by atomic mass is 79.9. The van der Waals surface area contributed by atoms with Crippen molar-refractivity contribution in [3.63, 3.8) is 0 Å². The molecule has 0 fully saturated rings. The summed E-state index contributed by atoms with van der Waals surface area (Å²) >= 11 is 3.37. The third-order valence-corrected chi connectivity index (χ3v) is 3.15. The van der Waals surface area contributed by atoms with Gasteiger partial charge in [-0.1, -0.05) is 15.9 Å². The topological polar surface area (TPSA) is 44.1 Å². The fourth-order valence-electron chi connectivity index (χ4n) is 1.74. The summed E-state index contributed by atoms with van der Waals surface area (Å²) in [6, 6.07) is 5.48. The molecule has 0 spiro atoms. The van der Waals surface area contributed by atoms with Crippen molar-refractivity contribution in [2.24, 2.45) is 0 Å². The van der Waals surface area contributed by atoms with Crippen molar-refractivity contribution >= 4 is 26.8 Å². The van der Waals surface area contributed by atoms with Crippen LogP contribution in [0.1, 0.15) is 20.8 Å². The van der Waals surface area contributed by atoms with E-state index in [2.05, 4.69) is 20.9 Å². The lowest BCUT2D eigenvalue weighted by Crippen LogP contribution is -2.26. The SMILES string of the molecule is CC(C)(C)OCCn1cnc2cc(Br)ccc2c1=O. The average molecular weight is 325 g/mol. The van der Waals surface area contributed by atoms with Crippen LogP contribution in [0.3, 0.4) is 0 Å². The van der Waals surface area contributed by atoms with Gasteiger partial charge in [0.2, 0.25) is 0 Å². The molecule has 0 atom stereocenters. The maximum Gasteiger partial charge on any atom is 0.261 e. The largest absolute Gasteiger partial charge is 0.374 e. The zero-order chi connectivity index (χ0) is 14.0. The van der Waals surface area contributed by atoms with E-state index in [9.17, 15) is 4.79 Å². The molecule has 0 unspecified atom stereocenters. The van der Waals surface area contributed by atoms with Crippen LogP contribution in [0.5, 0.6) is 0 Å². The van der Waals surface area contributed by atoms with Gasteiger partial charge in [-0.05, 0) is 39.0 Å². The number of aromatic nitrogens is 2. The second kappa shape index (κ2) is 5.43. The summed E-state index contributed by atoms with van der Waals surface area (Å²) in [5.41, 5.74) is 0.473. The van der Waals surface area contributed by atoms with Gasteiger partial charge in [-0.25, -0.2) is 4.98 Å². The molecule has 0 aliphatic carbocycles. The first-order chi connectivity index (χ1) is 8.87. The van der Waals surface area contributed by atoms with E-state index < -0.39 is 0 Å². The molecule has 1 aromatic carbocycles. The van der Waals surface area contributed by atoms with Crippen LogP contribution < -0.4 is 5.56 Å². The molecule has 5 heteroatoms. The first kappa shape index (κ1) is 14.2. The monoisotopic (exact) mass is 324 g/mol. The zero-order valence-electron chi connectivity index (χ0n) is 11.3. The number of fused-ring (bicyclic) bond motifs is 1. The van der Waals surface area contributed by atoms with E-state index in [1.165, 1.54) is 0 Å². The molecule has 0 aliphatic rings. The van der Waals surface area contributed by atoms with E-state index in [0.29, 0.717) is 24.1 Å². The summed E-state index contributed by atoms with van der Waals surface area (Å²) in [5, 5.41) is 0.626. The first-order valence-electron chi connectivity index (χ1n) is 6.15. The van der Waals surface area contributed by atoms with E-state index >= 15 is 0 Å². The Bertz CT molecular complexity index is 644. The van der Waals surface area contributed by atoms with E-state index in [-0.39, 0.29) is 11.2 Å². The van der Waals surface area contributed by atoms with Gasteiger partial charge in [-0.3, -0.25) is 9.36 Å². The number of rotatable bonds is 3. The quantitative estimate of drug-likeness (QED) is 0.871. The molecule has 2 aromatic rings. The van der Waals surface area contributed by atoms with Gasteiger partial charge < -0.3 is 4.74 Å². The maximum absolute atomic E-state index is 12.2. The number of ether oxygens (including phenoxy) is 1. The van der Waals surface area contributed by atoms with E-state index in [1.54, 1.807) is 17.0 Å². The van der Waals surface area contributed by atoms with Crippen molar-refractivity contribution in [1.29, 1.82) is 0 Å². The Kier molecular flexibility index (Phi) is 4.06. The Balaban J connectivity index is 2.23. The molecule has 0 saturated heterocycles. The van der Waals surface area contributed by atoms with Crippen molar-refractivity contribution in [3.05, 3.63) is 39.4 Å². The summed E-state index contributed by atoms with van der Waals surface area (Å²) in [4.78, 5) is 16.5. The molecule has 0 N–H and O–H groups in total. The second-order valence-electron chi connectivity index (χ2n) is 5.37. The van der Waals surface area contributed by atoms with Crippen LogP contribution in [0.25, 0.3) is 10.9 Å². The summed E-state index contributed by atoms with van der Waals surface area (Å²) in [7, 11) is 0. The highest BCUT2D eigenvalue weighted by molar-refractivity contribution is 9.10. The normalized spacial score (nSPS) is 12.0. The van der Waals surface area contributed by atoms with E-state index in [1.807, 2.05) is 32.9 Å². The third-order valence-electron chi connectivity index (χ3n) is 2.65. The first-order valence-corrected chi connectivity index (χ1v) is 6.95. The minimum Gasteiger partial charge on any atom is -0.374 e. The van der Waals surface area contributed by atoms with Gasteiger partial charge in [0.25, 0.3) is 5.56 Å². The third kappa shape index (κ3) is 3.64. The molecule has 0 saturated carbocycles. The predicted octanol–water partition coefficient (Wildman–Crippen LogP) is 2.97. The Morgan fingerprint density at radius 1 is 1.37 bits per heavy atom. The van der Waals surface area contributed by atoms with Crippen molar-refractivity contribution in [1.82, 2.24) is 9.55 Å². The van der Waals surface area contributed by atoms with Crippen LogP contribution in [0.4, 0.5) is 0 Å². The van der Waals surface area contributed by atoms with E-state index in [0.717, 1.165) is 4.47 Å². The Morgan fingerprint density at radius 3 is 2.79 bits per heavy atom. The van der Waals surface area contributed by atoms with Gasteiger partial charge in [-0.15, -0.1) is 0 Å². The van der Waals surface area contributed by atoms with Crippen molar-refractivity contribution in [3.8, 4) is 0 Å². The van der Waals surface area contributed by atoms with Crippen LogP contribution >= 0.6 is 15.9 Å². The minimum absolute atomic E-state index is 0.0324. The number of benzene rings is 1. The molecule has 19 heavy (non-hydrogen) atoms. The smallest absolute Gasteiger partial charge is 0.261 e. The molecule has 0 radical (unpaired) electrons. The van der Waals surface area contributed by atoms with Crippen LogP contribution in [0.2, 0.25) is 0 Å². The summed E-state index contributed by atoms with van der Waals surface area (Å²) in [6.45, 7) is 6.98. The molecule has 0 bridgehead atoms. The van der Waals surface area contributed by atoms with Crippen molar-refractivity contribution in [2.75, 3.05) is 6.61 Å². The van der Waals surface area contributed by atoms with Gasteiger partial charge in [0, 0.05) is 4.47 Å². The highest BCUT2D eigenvalue weighted by Gasteiger charge is 2.10. The highest BCUT2D eigenvalue weighted by Crippen LogP contribution is 2.14. The molecule has 1 aromatic heterocycles. The summed E-state index contributed by atoms with van der Waals surface area (Å²) in [5.74, 6) is 0. The van der Waals surface area contributed by atoms with Gasteiger partial charge >= 0.3 is 0 Å². The number of hydrogen-bond donors (Lipinski definition) is 0. The fraction of sp³-hybridized carbons (Fsp3) is 0.429. The Labute approximate surface area is 120 Å². The lowest BCUT2D eigenvalue weighted by atomic mass is 10.2. The zero-order valence-corrected chi connectivity index (χ0v) is 12.9. The average Bonchev–Trinajstić information content (AvgIpc) is 2.30. The maximum atomic E-state index is 12.2. The standard InChI is InChI=1S/C14H17BrN2O2/c1-14(2,3)19-7-6-17-9-16-12-8-10(15)4-5-11(12)13(17)18/h4-5,8-9H,6-7H2,1-3H3. The number of halogens is 1. The molecule has 4 nitrogen and oxygen atoms in total. The van der Waals surface area contributed by atoms with Crippen molar-refractivity contribution < 1.29 is 4.74 Å². The lowest BCUT2D eigenvalue weighted by Gasteiger charge is -2.19. The van der Waals surface area contributed by atoms with Gasteiger partial charge in [0.1, 0.15) is 0 Å². The molecular weight excluding hydrogens is 308 g/mol. The summed E-state index contributed by atoms with van der Waals surface area (Å²) < 4.78 is 8.13. The molecule has 1 heterocycles. The van der Waals surface area contributed by atoms with Gasteiger partial charge in [0.15, 0.2) is 0 Å².